The molecule has 4 nitrogen and oxygen atoms in total. The summed E-state index contributed by atoms with van der Waals surface area (Å²) in [6.07, 6.45) is -14.0. The lowest BCUT2D eigenvalue weighted by atomic mass is 9.91. The van der Waals surface area contributed by atoms with Gasteiger partial charge in [0.1, 0.15) is 0 Å². The van der Waals surface area contributed by atoms with Crippen molar-refractivity contribution in [2.24, 2.45) is 0 Å². The number of carboxylic acid groups (broad SMARTS) is 1. The average molecular weight is 435 g/mol. The van der Waals surface area contributed by atoms with Crippen molar-refractivity contribution in [1.29, 1.82) is 0 Å². The maximum atomic E-state index is 12.7. The summed E-state index contributed by atoms with van der Waals surface area (Å²) < 4.78 is 108. The Labute approximate surface area is 156 Å². The second-order valence-electron chi connectivity index (χ2n) is 5.33. The standard InChI is InChI=1S/C14H9F6NO.C2HF3O2/c15-13(16,17)12(22,14(18,19)20)11-5-3-9(4-6-11)10-2-1-7-21-8-10;3-2(4,5)1(6)7/h1-8,22H;(H,6,7). The molecular formula is C16H10F9NO3. The molecule has 0 fully saturated rings. The number of hydrogen-bond acceptors (Lipinski definition) is 3. The molecule has 13 heteroatoms. The van der Waals surface area contributed by atoms with Gasteiger partial charge in [0.2, 0.25) is 0 Å². The van der Waals surface area contributed by atoms with E-state index in [2.05, 4.69) is 4.98 Å². The fourth-order valence-corrected chi connectivity index (χ4v) is 1.93. The van der Waals surface area contributed by atoms with Crippen LogP contribution in [0, 0.1) is 0 Å². The lowest BCUT2D eigenvalue weighted by Gasteiger charge is -2.32. The van der Waals surface area contributed by atoms with E-state index in [1.54, 1.807) is 12.1 Å². The maximum absolute atomic E-state index is 12.7. The molecule has 2 N–H and O–H groups in total. The smallest absolute Gasteiger partial charge is 0.475 e. The molecule has 0 aliphatic rings. The van der Waals surface area contributed by atoms with Crippen molar-refractivity contribution in [3.8, 4) is 11.1 Å². The molecule has 1 aromatic carbocycles. The van der Waals surface area contributed by atoms with E-state index in [1.165, 1.54) is 12.4 Å². The van der Waals surface area contributed by atoms with E-state index in [4.69, 9.17) is 9.90 Å². The Morgan fingerprint density at radius 1 is 0.793 bits per heavy atom. The van der Waals surface area contributed by atoms with Gasteiger partial charge in [-0.2, -0.15) is 39.5 Å². The molecular weight excluding hydrogens is 425 g/mol. The Bertz CT molecular complexity index is 799. The monoisotopic (exact) mass is 435 g/mol. The highest BCUT2D eigenvalue weighted by molar-refractivity contribution is 5.73. The topological polar surface area (TPSA) is 70.4 Å². The van der Waals surface area contributed by atoms with Crippen LogP contribution in [0.1, 0.15) is 5.56 Å². The Balaban J connectivity index is 0.000000516. The van der Waals surface area contributed by atoms with Crippen molar-refractivity contribution in [2.75, 3.05) is 0 Å². The molecule has 0 spiro atoms. The van der Waals surface area contributed by atoms with Gasteiger partial charge in [-0.05, 0) is 17.2 Å². The zero-order chi connectivity index (χ0) is 22.7. The third-order valence-electron chi connectivity index (χ3n) is 3.36. The number of carbonyl (C=O) groups is 1. The minimum Gasteiger partial charge on any atom is -0.475 e. The predicted octanol–water partition coefficient (Wildman–Crippen LogP) is 4.69. The average Bonchev–Trinajstić information content (AvgIpc) is 2.59. The number of hydrogen-bond donors (Lipinski definition) is 2. The van der Waals surface area contributed by atoms with Crippen LogP contribution in [-0.2, 0) is 10.4 Å². The summed E-state index contributed by atoms with van der Waals surface area (Å²) in [6.45, 7) is 0. The number of rotatable bonds is 2. The van der Waals surface area contributed by atoms with E-state index in [-0.39, 0.29) is 0 Å². The Hall–Kier alpha value is -2.83. The lowest BCUT2D eigenvalue weighted by molar-refractivity contribution is -0.376. The number of aliphatic carboxylic acids is 1. The molecule has 2 aromatic rings. The van der Waals surface area contributed by atoms with Crippen LogP contribution >= 0.6 is 0 Å². The molecule has 0 aliphatic carbocycles. The molecule has 1 aromatic heterocycles. The number of alkyl halides is 9. The van der Waals surface area contributed by atoms with Crippen LogP contribution in [0.5, 0.6) is 0 Å². The molecule has 0 saturated heterocycles. The van der Waals surface area contributed by atoms with Gasteiger partial charge in [-0.3, -0.25) is 4.98 Å². The summed E-state index contributed by atoms with van der Waals surface area (Å²) in [5.74, 6) is -2.76. The number of pyridine rings is 1. The van der Waals surface area contributed by atoms with Crippen molar-refractivity contribution in [2.45, 2.75) is 24.1 Å². The van der Waals surface area contributed by atoms with E-state index in [1.807, 2.05) is 0 Å². The molecule has 0 radical (unpaired) electrons. The van der Waals surface area contributed by atoms with Gasteiger partial charge >= 0.3 is 24.5 Å². The summed E-state index contributed by atoms with van der Waals surface area (Å²) in [6, 6.07) is 6.50. The van der Waals surface area contributed by atoms with Crippen molar-refractivity contribution in [3.63, 3.8) is 0 Å². The zero-order valence-corrected chi connectivity index (χ0v) is 13.8. The summed E-state index contributed by atoms with van der Waals surface area (Å²) in [4.78, 5) is 12.7. The minimum atomic E-state index is -5.89. The number of halogens is 9. The number of benzene rings is 1. The number of aliphatic hydroxyl groups is 1. The molecule has 0 bridgehead atoms. The van der Waals surface area contributed by atoms with Crippen LogP contribution in [0.3, 0.4) is 0 Å². The largest absolute Gasteiger partial charge is 0.490 e. The number of aromatic nitrogens is 1. The van der Waals surface area contributed by atoms with Crippen LogP contribution in [0.15, 0.2) is 48.8 Å². The summed E-state index contributed by atoms with van der Waals surface area (Å²) in [5.41, 5.74) is -5.30. The summed E-state index contributed by atoms with van der Waals surface area (Å²) in [7, 11) is 0. The first-order valence-corrected chi connectivity index (χ1v) is 7.18. The van der Waals surface area contributed by atoms with Crippen LogP contribution < -0.4 is 0 Å². The minimum absolute atomic E-state index is 0.378. The normalized spacial score (nSPS) is 12.8. The van der Waals surface area contributed by atoms with E-state index in [0.717, 1.165) is 12.1 Å². The molecule has 0 aliphatic heterocycles. The van der Waals surface area contributed by atoms with Crippen LogP contribution in [-0.4, -0.2) is 39.7 Å². The third-order valence-corrected chi connectivity index (χ3v) is 3.36. The molecule has 29 heavy (non-hydrogen) atoms. The quantitative estimate of drug-likeness (QED) is 0.672. The van der Waals surface area contributed by atoms with E-state index < -0.39 is 35.7 Å². The third kappa shape index (κ3) is 5.59. The molecule has 0 amide bonds. The molecule has 2 rings (SSSR count). The SMILES string of the molecule is O=C(O)C(F)(F)F.OC(c1ccc(-c2cccnc2)cc1)(C(F)(F)F)C(F)(F)F. The highest BCUT2D eigenvalue weighted by Gasteiger charge is 2.71. The van der Waals surface area contributed by atoms with Gasteiger partial charge < -0.3 is 10.2 Å². The van der Waals surface area contributed by atoms with Crippen LogP contribution in [0.2, 0.25) is 0 Å². The van der Waals surface area contributed by atoms with Crippen molar-refractivity contribution in [1.82, 2.24) is 4.98 Å². The maximum Gasteiger partial charge on any atom is 0.490 e. The van der Waals surface area contributed by atoms with E-state index in [9.17, 15) is 44.6 Å². The van der Waals surface area contributed by atoms with Gasteiger partial charge in [0.15, 0.2) is 0 Å². The van der Waals surface area contributed by atoms with Gasteiger partial charge in [0.25, 0.3) is 5.60 Å². The predicted molar refractivity (Wildman–Crippen MR) is 79.4 cm³/mol. The second-order valence-corrected chi connectivity index (χ2v) is 5.33. The summed E-state index contributed by atoms with van der Waals surface area (Å²) >= 11 is 0. The number of nitrogens with zero attached hydrogens (tertiary/aromatic N) is 1. The summed E-state index contributed by atoms with van der Waals surface area (Å²) in [5, 5.41) is 16.4. The fraction of sp³-hybridized carbons (Fsp3) is 0.250. The highest BCUT2D eigenvalue weighted by atomic mass is 19.4. The van der Waals surface area contributed by atoms with Crippen LogP contribution in [0.4, 0.5) is 39.5 Å². The molecule has 1 heterocycles. The van der Waals surface area contributed by atoms with E-state index in [0.29, 0.717) is 23.3 Å². The Morgan fingerprint density at radius 2 is 1.24 bits per heavy atom. The lowest BCUT2D eigenvalue weighted by Crippen LogP contribution is -2.53. The Morgan fingerprint density at radius 3 is 1.55 bits per heavy atom. The molecule has 160 valence electrons. The highest BCUT2D eigenvalue weighted by Crippen LogP contribution is 2.50. The van der Waals surface area contributed by atoms with Gasteiger partial charge in [0, 0.05) is 18.0 Å². The van der Waals surface area contributed by atoms with Gasteiger partial charge in [0.05, 0.1) is 0 Å². The first-order valence-electron chi connectivity index (χ1n) is 7.18. The second kappa shape index (κ2) is 8.27. The molecule has 0 atom stereocenters. The number of carboxylic acids is 1. The zero-order valence-electron chi connectivity index (χ0n) is 13.8. The van der Waals surface area contributed by atoms with Gasteiger partial charge in [-0.25, -0.2) is 4.79 Å². The first-order chi connectivity index (χ1) is 13.0. The van der Waals surface area contributed by atoms with Crippen LogP contribution in [0.25, 0.3) is 11.1 Å². The molecule has 0 unspecified atom stereocenters. The van der Waals surface area contributed by atoms with Crippen molar-refractivity contribution in [3.05, 3.63) is 54.4 Å². The van der Waals surface area contributed by atoms with E-state index >= 15 is 0 Å². The van der Waals surface area contributed by atoms with Gasteiger partial charge in [-0.1, -0.05) is 30.3 Å². The van der Waals surface area contributed by atoms with Crippen molar-refractivity contribution < 1.29 is 54.5 Å². The fourth-order valence-electron chi connectivity index (χ4n) is 1.93. The Kier molecular flexibility index (Phi) is 6.90. The van der Waals surface area contributed by atoms with Crippen molar-refractivity contribution >= 4 is 5.97 Å². The first kappa shape index (κ1) is 24.2. The molecule has 0 saturated carbocycles. The van der Waals surface area contributed by atoms with Gasteiger partial charge in [-0.15, -0.1) is 0 Å².